The lowest BCUT2D eigenvalue weighted by molar-refractivity contribution is -0.140. The number of benzene rings is 1. The Morgan fingerprint density at radius 2 is 1.89 bits per heavy atom. The number of esters is 1. The average molecular weight is 505 g/mol. The fourth-order valence-corrected chi connectivity index (χ4v) is 5.35. The normalized spacial score (nSPS) is 18.8. The van der Waals surface area contributed by atoms with Crippen LogP contribution in [0, 0.1) is 5.92 Å². The Hall–Kier alpha value is -2.09. The fraction of sp³-hybridized carbons (Fsp3) is 0.571. The number of rotatable bonds is 17. The summed E-state index contributed by atoms with van der Waals surface area (Å²) in [5, 5.41) is 29.9. The fourth-order valence-electron chi connectivity index (χ4n) is 4.06. The molecule has 194 valence electrons. The van der Waals surface area contributed by atoms with Gasteiger partial charge in [-0.05, 0) is 49.8 Å². The molecule has 0 bridgehead atoms. The number of thioether (sulfide) groups is 1. The molecule has 0 amide bonds. The van der Waals surface area contributed by atoms with Crippen LogP contribution in [0.5, 0.6) is 0 Å². The van der Waals surface area contributed by atoms with Crippen molar-refractivity contribution in [3.8, 4) is 0 Å². The van der Waals surface area contributed by atoms with E-state index in [4.69, 9.17) is 9.84 Å². The van der Waals surface area contributed by atoms with Crippen LogP contribution in [0.1, 0.15) is 76.7 Å². The van der Waals surface area contributed by atoms with Crippen LogP contribution in [0.4, 0.5) is 0 Å². The summed E-state index contributed by atoms with van der Waals surface area (Å²) >= 11 is 1.56. The maximum absolute atomic E-state index is 12.1. The molecule has 0 saturated carbocycles. The first-order valence-corrected chi connectivity index (χ1v) is 13.8. The Morgan fingerprint density at radius 3 is 2.60 bits per heavy atom. The second kappa shape index (κ2) is 16.6. The largest absolute Gasteiger partial charge is 0.481 e. The van der Waals surface area contributed by atoms with Crippen molar-refractivity contribution in [1.29, 1.82) is 0 Å². The lowest BCUT2D eigenvalue weighted by Crippen LogP contribution is -2.14. The molecule has 0 radical (unpaired) electrons. The lowest BCUT2D eigenvalue weighted by Gasteiger charge is -2.15. The number of carbonyl (C=O) groups excluding carboxylic acids is 1. The maximum Gasteiger partial charge on any atom is 0.310 e. The first kappa shape index (κ1) is 29.1. The number of aliphatic hydroxyl groups excluding tert-OH is 2. The number of hydrogen-bond acceptors (Lipinski definition) is 6. The molecule has 7 heteroatoms. The second-order valence-corrected chi connectivity index (χ2v) is 10.2. The van der Waals surface area contributed by atoms with Crippen LogP contribution in [-0.4, -0.2) is 45.2 Å². The molecule has 1 aromatic rings. The molecule has 0 unspecified atom stereocenters. The van der Waals surface area contributed by atoms with Gasteiger partial charge in [0, 0.05) is 30.1 Å². The summed E-state index contributed by atoms with van der Waals surface area (Å²) < 4.78 is 5.59. The van der Waals surface area contributed by atoms with E-state index >= 15 is 0 Å². The number of aliphatic carboxylic acids is 1. The number of carbonyl (C=O) groups is 2. The van der Waals surface area contributed by atoms with Gasteiger partial charge in [0.05, 0.1) is 12.2 Å². The van der Waals surface area contributed by atoms with Crippen molar-refractivity contribution in [1.82, 2.24) is 0 Å². The van der Waals surface area contributed by atoms with Gasteiger partial charge in [-0.25, -0.2) is 0 Å². The summed E-state index contributed by atoms with van der Waals surface area (Å²) in [6, 6.07) is 10.3. The summed E-state index contributed by atoms with van der Waals surface area (Å²) in [7, 11) is 0. The van der Waals surface area contributed by atoms with Crippen molar-refractivity contribution in [2.24, 2.45) is 5.92 Å². The third-order valence-corrected chi connectivity index (χ3v) is 7.27. The number of hydrogen-bond donors (Lipinski definition) is 3. The molecule has 3 atom stereocenters. The Morgan fingerprint density at radius 1 is 1.11 bits per heavy atom. The Balaban J connectivity index is 1.90. The molecule has 1 aliphatic carbocycles. The lowest BCUT2D eigenvalue weighted by atomic mass is 10.0. The van der Waals surface area contributed by atoms with E-state index in [-0.39, 0.29) is 24.7 Å². The highest BCUT2D eigenvalue weighted by Gasteiger charge is 2.34. The van der Waals surface area contributed by atoms with Gasteiger partial charge in [0.25, 0.3) is 0 Å². The molecule has 0 saturated heterocycles. The van der Waals surface area contributed by atoms with Crippen LogP contribution in [0.2, 0.25) is 0 Å². The highest BCUT2D eigenvalue weighted by Crippen LogP contribution is 2.41. The van der Waals surface area contributed by atoms with Gasteiger partial charge in [-0.3, -0.25) is 9.59 Å². The van der Waals surface area contributed by atoms with Crippen LogP contribution in [0.3, 0.4) is 0 Å². The molecule has 0 heterocycles. The molecule has 0 fully saturated rings. The molecule has 6 nitrogen and oxygen atoms in total. The zero-order chi connectivity index (χ0) is 25.5. The summed E-state index contributed by atoms with van der Waals surface area (Å²) in [6.07, 6.45) is 9.61. The highest BCUT2D eigenvalue weighted by atomic mass is 32.2. The second-order valence-electron chi connectivity index (χ2n) is 9.05. The third kappa shape index (κ3) is 11.5. The zero-order valence-electron chi connectivity index (χ0n) is 20.7. The minimum atomic E-state index is -0.784. The molecule has 3 N–H and O–H groups in total. The van der Waals surface area contributed by atoms with Crippen LogP contribution >= 0.6 is 11.8 Å². The summed E-state index contributed by atoms with van der Waals surface area (Å²) in [5.41, 5.74) is 1.30. The van der Waals surface area contributed by atoms with Crippen molar-refractivity contribution in [3.63, 3.8) is 0 Å². The maximum atomic E-state index is 12.1. The molecular formula is C28H40O6S. The van der Waals surface area contributed by atoms with Crippen LogP contribution in [0.15, 0.2) is 53.1 Å². The number of unbranched alkanes of at least 4 members (excludes halogenated alkanes) is 3. The van der Waals surface area contributed by atoms with Crippen LogP contribution in [-0.2, 0) is 20.7 Å². The van der Waals surface area contributed by atoms with E-state index < -0.39 is 18.2 Å². The van der Waals surface area contributed by atoms with Crippen molar-refractivity contribution in [2.75, 3.05) is 5.75 Å². The SMILES string of the molecule is CCCC(=O)OC1=C(SCCCCCC(=O)O)[C@@H](C=C[C@@H](O)CCCCc2ccccc2)[C@H](O)C1. The number of aryl methyl sites for hydroxylation is 1. The predicted molar refractivity (Wildman–Crippen MR) is 140 cm³/mol. The first-order chi connectivity index (χ1) is 16.9. The van der Waals surface area contributed by atoms with Crippen molar-refractivity contribution in [2.45, 2.75) is 89.8 Å². The van der Waals surface area contributed by atoms with Crippen LogP contribution in [0.25, 0.3) is 0 Å². The van der Waals surface area contributed by atoms with Gasteiger partial charge in [-0.1, -0.05) is 62.2 Å². The Kier molecular flexibility index (Phi) is 13.8. The smallest absolute Gasteiger partial charge is 0.310 e. The minimum Gasteiger partial charge on any atom is -0.481 e. The van der Waals surface area contributed by atoms with Crippen molar-refractivity contribution in [3.05, 3.63) is 58.7 Å². The average Bonchev–Trinajstić information content (AvgIpc) is 3.11. The topological polar surface area (TPSA) is 104 Å². The van der Waals surface area contributed by atoms with Gasteiger partial charge in [0.15, 0.2) is 0 Å². The van der Waals surface area contributed by atoms with Crippen molar-refractivity contribution < 1.29 is 29.6 Å². The highest BCUT2D eigenvalue weighted by molar-refractivity contribution is 8.03. The summed E-state index contributed by atoms with van der Waals surface area (Å²) in [5.74, 6) is -0.116. The van der Waals surface area contributed by atoms with Gasteiger partial charge < -0.3 is 20.1 Å². The molecule has 1 aromatic carbocycles. The van der Waals surface area contributed by atoms with Gasteiger partial charge in [-0.15, -0.1) is 11.8 Å². The van der Waals surface area contributed by atoms with Gasteiger partial charge in [0.2, 0.25) is 0 Å². The van der Waals surface area contributed by atoms with Gasteiger partial charge in [-0.2, -0.15) is 0 Å². The van der Waals surface area contributed by atoms with E-state index in [2.05, 4.69) is 12.1 Å². The Bertz CT molecular complexity index is 835. The van der Waals surface area contributed by atoms with Gasteiger partial charge in [0.1, 0.15) is 5.76 Å². The molecular weight excluding hydrogens is 464 g/mol. The van der Waals surface area contributed by atoms with Crippen LogP contribution < -0.4 is 0 Å². The summed E-state index contributed by atoms with van der Waals surface area (Å²) in [6.45, 7) is 1.92. The first-order valence-electron chi connectivity index (χ1n) is 12.8. The monoisotopic (exact) mass is 504 g/mol. The number of ether oxygens (including phenoxy) is 1. The molecule has 1 aliphatic rings. The molecule has 0 aliphatic heterocycles. The molecule has 0 aromatic heterocycles. The standard InChI is InChI=1S/C28H40O6S/c1-2-11-27(33)34-25-20-24(30)23(28(25)35-19-10-4-7-16-26(31)32)18-17-22(29)15-9-8-14-21-12-5-3-6-13-21/h3,5-6,12-13,17-18,22-24,29-30H,2,4,7-11,14-16,19-20H2,1H3,(H,31,32)/t22-,23-,24+/m0/s1. The molecule has 2 rings (SSSR count). The molecule has 35 heavy (non-hydrogen) atoms. The van der Waals surface area contributed by atoms with E-state index in [0.29, 0.717) is 31.4 Å². The van der Waals surface area contributed by atoms with E-state index in [1.165, 1.54) is 5.56 Å². The number of carboxylic acids is 1. The minimum absolute atomic E-state index is 0.167. The summed E-state index contributed by atoms with van der Waals surface area (Å²) in [4.78, 5) is 23.6. The van der Waals surface area contributed by atoms with E-state index in [0.717, 1.165) is 42.8 Å². The Labute approximate surface area is 213 Å². The van der Waals surface area contributed by atoms with E-state index in [9.17, 15) is 19.8 Å². The van der Waals surface area contributed by atoms with E-state index in [1.54, 1.807) is 17.8 Å². The zero-order valence-corrected chi connectivity index (χ0v) is 21.5. The van der Waals surface area contributed by atoms with Crippen molar-refractivity contribution >= 4 is 23.7 Å². The predicted octanol–water partition coefficient (Wildman–Crippen LogP) is 5.63. The third-order valence-electron chi connectivity index (χ3n) is 5.97. The van der Waals surface area contributed by atoms with E-state index in [1.807, 2.05) is 31.2 Å². The number of aliphatic hydroxyl groups is 2. The molecule has 0 spiro atoms. The van der Waals surface area contributed by atoms with Gasteiger partial charge >= 0.3 is 11.9 Å². The quantitative estimate of drug-likeness (QED) is 0.143. The number of carboxylic acid groups (broad SMARTS) is 1.